The number of nitrogens with one attached hydrogen (secondary N) is 1. The van der Waals surface area contributed by atoms with Gasteiger partial charge in [-0.2, -0.15) is 23.4 Å². The molecule has 2 aromatic rings. The lowest BCUT2D eigenvalue weighted by molar-refractivity contribution is -0.173. The van der Waals surface area contributed by atoms with Gasteiger partial charge in [-0.1, -0.05) is 0 Å². The molecule has 1 aliphatic rings. The summed E-state index contributed by atoms with van der Waals surface area (Å²) in [6.07, 6.45) is -1.42. The SMILES string of the molecule is Cc1c([C@H]2C[C@H](C(F)(F)F)n3nccc3N2)cnn1C. The summed E-state index contributed by atoms with van der Waals surface area (Å²) in [5, 5.41) is 11.0. The maximum absolute atomic E-state index is 13.2. The first-order valence-electron chi connectivity index (χ1n) is 6.23. The number of fused-ring (bicyclic) bond motifs is 1. The molecule has 0 saturated heterocycles. The average molecular weight is 285 g/mol. The van der Waals surface area contributed by atoms with Crippen molar-refractivity contribution in [1.29, 1.82) is 0 Å². The molecule has 3 heterocycles. The summed E-state index contributed by atoms with van der Waals surface area (Å²) in [4.78, 5) is 0. The topological polar surface area (TPSA) is 47.7 Å². The molecule has 5 nitrogen and oxygen atoms in total. The van der Waals surface area contributed by atoms with Crippen molar-refractivity contribution in [2.75, 3.05) is 5.32 Å². The first-order valence-corrected chi connectivity index (χ1v) is 6.23. The Morgan fingerprint density at radius 1 is 1.35 bits per heavy atom. The molecule has 0 fully saturated rings. The third kappa shape index (κ3) is 1.95. The highest BCUT2D eigenvalue weighted by atomic mass is 19.4. The van der Waals surface area contributed by atoms with Crippen molar-refractivity contribution >= 4 is 5.82 Å². The van der Waals surface area contributed by atoms with Crippen molar-refractivity contribution in [1.82, 2.24) is 19.6 Å². The van der Waals surface area contributed by atoms with Crippen LogP contribution in [0.1, 0.15) is 29.8 Å². The lowest BCUT2D eigenvalue weighted by atomic mass is 9.97. The first-order chi connectivity index (χ1) is 9.38. The van der Waals surface area contributed by atoms with Gasteiger partial charge in [-0.15, -0.1) is 0 Å². The fraction of sp³-hybridized carbons (Fsp3) is 0.500. The summed E-state index contributed by atoms with van der Waals surface area (Å²) in [6.45, 7) is 1.85. The van der Waals surface area contributed by atoms with Gasteiger partial charge in [0.1, 0.15) is 5.82 Å². The molecule has 0 spiro atoms. The fourth-order valence-corrected chi connectivity index (χ4v) is 2.57. The predicted molar refractivity (Wildman–Crippen MR) is 66.2 cm³/mol. The number of hydrogen-bond donors (Lipinski definition) is 1. The van der Waals surface area contributed by atoms with Crippen molar-refractivity contribution < 1.29 is 13.2 Å². The van der Waals surface area contributed by atoms with Crippen LogP contribution in [-0.4, -0.2) is 25.7 Å². The number of hydrogen-bond acceptors (Lipinski definition) is 3. The van der Waals surface area contributed by atoms with Crippen molar-refractivity contribution in [3.8, 4) is 0 Å². The number of anilines is 1. The molecule has 1 aliphatic heterocycles. The van der Waals surface area contributed by atoms with E-state index in [1.165, 1.54) is 6.20 Å². The van der Waals surface area contributed by atoms with E-state index in [0.717, 1.165) is 15.9 Å². The molecule has 0 saturated carbocycles. The molecule has 0 unspecified atom stereocenters. The normalized spacial score (nSPS) is 22.4. The van der Waals surface area contributed by atoms with Crippen LogP contribution in [0.4, 0.5) is 19.0 Å². The van der Waals surface area contributed by atoms with Gasteiger partial charge in [-0.05, 0) is 6.92 Å². The zero-order valence-electron chi connectivity index (χ0n) is 11.0. The first kappa shape index (κ1) is 13.0. The van der Waals surface area contributed by atoms with Crippen molar-refractivity contribution in [2.45, 2.75) is 31.6 Å². The number of rotatable bonds is 1. The second-order valence-electron chi connectivity index (χ2n) is 4.96. The molecule has 108 valence electrons. The van der Waals surface area contributed by atoms with E-state index in [-0.39, 0.29) is 6.42 Å². The third-order valence-electron chi connectivity index (χ3n) is 3.77. The van der Waals surface area contributed by atoms with Crippen LogP contribution in [0.5, 0.6) is 0 Å². The van der Waals surface area contributed by atoms with Gasteiger partial charge in [0.25, 0.3) is 0 Å². The predicted octanol–water partition coefficient (Wildman–Crippen LogP) is 2.59. The zero-order valence-corrected chi connectivity index (χ0v) is 11.0. The summed E-state index contributed by atoms with van der Waals surface area (Å²) in [7, 11) is 1.77. The third-order valence-corrected chi connectivity index (χ3v) is 3.77. The van der Waals surface area contributed by atoms with Gasteiger partial charge in [0.2, 0.25) is 0 Å². The minimum atomic E-state index is -4.32. The molecule has 0 aliphatic carbocycles. The minimum Gasteiger partial charge on any atom is -0.363 e. The molecule has 1 N–H and O–H groups in total. The number of alkyl halides is 3. The fourth-order valence-electron chi connectivity index (χ4n) is 2.57. The van der Waals surface area contributed by atoms with E-state index < -0.39 is 18.3 Å². The van der Waals surface area contributed by atoms with Crippen LogP contribution in [0.25, 0.3) is 0 Å². The second-order valence-corrected chi connectivity index (χ2v) is 4.96. The van der Waals surface area contributed by atoms with Crippen LogP contribution >= 0.6 is 0 Å². The Labute approximate surface area is 113 Å². The smallest absolute Gasteiger partial charge is 0.363 e. The number of nitrogens with zero attached hydrogens (tertiary/aromatic N) is 4. The second kappa shape index (κ2) is 4.26. The van der Waals surface area contributed by atoms with E-state index in [1.807, 2.05) is 6.92 Å². The average Bonchev–Trinajstić information content (AvgIpc) is 2.95. The molecule has 8 heteroatoms. The van der Waals surface area contributed by atoms with Gasteiger partial charge in [0, 0.05) is 30.8 Å². The van der Waals surface area contributed by atoms with Crippen molar-refractivity contribution in [3.63, 3.8) is 0 Å². The Hall–Kier alpha value is -1.99. The quantitative estimate of drug-likeness (QED) is 0.876. The van der Waals surface area contributed by atoms with Gasteiger partial charge in [-0.25, -0.2) is 4.68 Å². The van der Waals surface area contributed by atoms with E-state index >= 15 is 0 Å². The maximum atomic E-state index is 13.2. The van der Waals surface area contributed by atoms with E-state index in [4.69, 9.17) is 0 Å². The molecule has 2 aromatic heterocycles. The zero-order chi connectivity index (χ0) is 14.5. The number of aromatic nitrogens is 4. The maximum Gasteiger partial charge on any atom is 0.410 e. The summed E-state index contributed by atoms with van der Waals surface area (Å²) in [5.74, 6) is 0.381. The summed E-state index contributed by atoms with van der Waals surface area (Å²) < 4.78 is 42.2. The van der Waals surface area contributed by atoms with Gasteiger partial charge >= 0.3 is 6.18 Å². The molecule has 0 radical (unpaired) electrons. The van der Waals surface area contributed by atoms with Crippen LogP contribution in [0, 0.1) is 6.92 Å². The molecular weight excluding hydrogens is 271 g/mol. The standard InChI is InChI=1S/C12H14F3N5/c1-7-8(6-17-19(7)2)9-5-10(12(13,14)15)20-11(18-9)3-4-16-20/h3-4,6,9-10,18H,5H2,1-2H3/t9-,10-/m1/s1. The van der Waals surface area contributed by atoms with Crippen molar-refractivity contribution in [3.05, 3.63) is 29.7 Å². The van der Waals surface area contributed by atoms with Gasteiger partial charge < -0.3 is 5.32 Å². The van der Waals surface area contributed by atoms with E-state index in [0.29, 0.717) is 5.82 Å². The minimum absolute atomic E-state index is 0.0925. The Bertz CT molecular complexity index is 627. The Morgan fingerprint density at radius 3 is 2.70 bits per heavy atom. The number of halogens is 3. The lowest BCUT2D eigenvalue weighted by Gasteiger charge is -2.33. The lowest BCUT2D eigenvalue weighted by Crippen LogP contribution is -2.35. The highest BCUT2D eigenvalue weighted by molar-refractivity contribution is 5.42. The van der Waals surface area contributed by atoms with Crippen LogP contribution < -0.4 is 5.32 Å². The Balaban J connectivity index is 2.00. The summed E-state index contributed by atoms with van der Waals surface area (Å²) >= 11 is 0. The molecule has 2 atom stereocenters. The van der Waals surface area contributed by atoms with E-state index in [1.54, 1.807) is 24.0 Å². The Kier molecular flexibility index (Phi) is 2.77. The van der Waals surface area contributed by atoms with E-state index in [2.05, 4.69) is 15.5 Å². The van der Waals surface area contributed by atoms with Crippen LogP contribution in [0.3, 0.4) is 0 Å². The highest BCUT2D eigenvalue weighted by Gasteiger charge is 2.46. The van der Waals surface area contributed by atoms with Crippen molar-refractivity contribution in [2.24, 2.45) is 7.05 Å². The molecular formula is C12H14F3N5. The van der Waals surface area contributed by atoms with E-state index in [9.17, 15) is 13.2 Å². The molecule has 20 heavy (non-hydrogen) atoms. The summed E-state index contributed by atoms with van der Waals surface area (Å²) in [6, 6.07) is -0.478. The molecule has 3 rings (SSSR count). The highest BCUT2D eigenvalue weighted by Crippen LogP contribution is 2.43. The molecule has 0 amide bonds. The van der Waals surface area contributed by atoms with Gasteiger partial charge in [-0.3, -0.25) is 4.68 Å². The Morgan fingerprint density at radius 2 is 2.10 bits per heavy atom. The monoisotopic (exact) mass is 285 g/mol. The number of aryl methyl sites for hydroxylation is 1. The van der Waals surface area contributed by atoms with Gasteiger partial charge in [0.05, 0.1) is 18.4 Å². The van der Waals surface area contributed by atoms with Crippen LogP contribution in [0.15, 0.2) is 18.5 Å². The molecule has 0 aromatic carbocycles. The largest absolute Gasteiger partial charge is 0.410 e. The van der Waals surface area contributed by atoms with Gasteiger partial charge in [0.15, 0.2) is 6.04 Å². The van der Waals surface area contributed by atoms with Crippen LogP contribution in [0.2, 0.25) is 0 Å². The van der Waals surface area contributed by atoms with Crippen LogP contribution in [-0.2, 0) is 7.05 Å². The molecule has 0 bridgehead atoms. The summed E-state index contributed by atoms with van der Waals surface area (Å²) in [5.41, 5.74) is 1.64.